The third-order valence-electron chi connectivity index (χ3n) is 3.21. The number of methoxy groups -OCH3 is 1. The topological polar surface area (TPSA) is 56.8 Å². The van der Waals surface area contributed by atoms with Crippen LogP contribution in [0.5, 0.6) is 11.5 Å². The molecule has 1 aromatic carbocycles. The molecule has 1 N–H and O–H groups in total. The molecule has 1 saturated heterocycles. The van der Waals surface area contributed by atoms with Crippen molar-refractivity contribution in [3.8, 4) is 11.5 Å². The van der Waals surface area contributed by atoms with Gasteiger partial charge in [-0.2, -0.15) is 8.78 Å². The summed E-state index contributed by atoms with van der Waals surface area (Å²) in [7, 11) is 1.37. The van der Waals surface area contributed by atoms with Gasteiger partial charge in [-0.1, -0.05) is 6.07 Å². The van der Waals surface area contributed by atoms with Crippen LogP contribution in [0.15, 0.2) is 18.2 Å². The summed E-state index contributed by atoms with van der Waals surface area (Å²) in [6.07, 6.45) is 0.703. The van der Waals surface area contributed by atoms with Crippen molar-refractivity contribution in [1.82, 2.24) is 5.32 Å². The van der Waals surface area contributed by atoms with Crippen LogP contribution < -0.4 is 14.8 Å². The highest BCUT2D eigenvalue weighted by Crippen LogP contribution is 2.29. The standard InChI is InChI=1S/C14H17F2NO4/c1-19-11-3-2-9(6-12(11)21-14(15)16)7-17-13(18)10-4-5-20-8-10/h2-3,6,10,14H,4-5,7-8H2,1H3,(H,17,18). The predicted molar refractivity (Wildman–Crippen MR) is 70.4 cm³/mol. The molecule has 1 amide bonds. The summed E-state index contributed by atoms with van der Waals surface area (Å²) in [5, 5.41) is 2.76. The van der Waals surface area contributed by atoms with E-state index >= 15 is 0 Å². The van der Waals surface area contributed by atoms with Gasteiger partial charge in [-0.25, -0.2) is 0 Å². The molecule has 1 aliphatic heterocycles. The smallest absolute Gasteiger partial charge is 0.387 e. The number of hydrogen-bond donors (Lipinski definition) is 1. The quantitative estimate of drug-likeness (QED) is 0.872. The molecule has 1 fully saturated rings. The second kappa shape index (κ2) is 7.21. The van der Waals surface area contributed by atoms with E-state index in [-0.39, 0.29) is 29.9 Å². The average molecular weight is 301 g/mol. The Bertz CT molecular complexity index is 490. The largest absolute Gasteiger partial charge is 0.493 e. The molecule has 0 radical (unpaired) electrons. The summed E-state index contributed by atoms with van der Waals surface area (Å²) in [6, 6.07) is 4.64. The highest BCUT2D eigenvalue weighted by atomic mass is 19.3. The van der Waals surface area contributed by atoms with Crippen LogP contribution >= 0.6 is 0 Å². The van der Waals surface area contributed by atoms with Crippen LogP contribution in [0.1, 0.15) is 12.0 Å². The second-order valence-corrected chi connectivity index (χ2v) is 4.64. The molecule has 1 aromatic rings. The summed E-state index contributed by atoms with van der Waals surface area (Å²) in [5.74, 6) is -0.0716. The molecule has 1 heterocycles. The minimum atomic E-state index is -2.93. The normalized spacial score (nSPS) is 17.8. The Morgan fingerprint density at radius 2 is 2.29 bits per heavy atom. The SMILES string of the molecule is COc1ccc(CNC(=O)C2CCOC2)cc1OC(F)F. The van der Waals surface area contributed by atoms with E-state index in [0.717, 1.165) is 0 Å². The van der Waals surface area contributed by atoms with E-state index in [0.29, 0.717) is 25.2 Å². The maximum absolute atomic E-state index is 12.3. The van der Waals surface area contributed by atoms with Crippen LogP contribution in [-0.4, -0.2) is 32.8 Å². The Labute approximate surface area is 121 Å². The third kappa shape index (κ3) is 4.29. The van der Waals surface area contributed by atoms with Crippen molar-refractivity contribution < 1.29 is 27.8 Å². The van der Waals surface area contributed by atoms with E-state index < -0.39 is 6.61 Å². The van der Waals surface area contributed by atoms with Crippen LogP contribution in [0.2, 0.25) is 0 Å². The zero-order valence-corrected chi connectivity index (χ0v) is 11.6. The average Bonchev–Trinajstić information content (AvgIpc) is 2.98. The van der Waals surface area contributed by atoms with Gasteiger partial charge in [0.2, 0.25) is 5.91 Å². The summed E-state index contributed by atoms with van der Waals surface area (Å²) >= 11 is 0. The first-order chi connectivity index (χ1) is 10.1. The molecule has 1 atom stereocenters. The molecule has 116 valence electrons. The second-order valence-electron chi connectivity index (χ2n) is 4.64. The van der Waals surface area contributed by atoms with Crippen LogP contribution in [-0.2, 0) is 16.1 Å². The van der Waals surface area contributed by atoms with Crippen molar-refractivity contribution in [2.75, 3.05) is 20.3 Å². The Morgan fingerprint density at radius 1 is 1.48 bits per heavy atom. The fourth-order valence-corrected chi connectivity index (χ4v) is 2.09. The van der Waals surface area contributed by atoms with Crippen molar-refractivity contribution in [2.45, 2.75) is 19.6 Å². The third-order valence-corrected chi connectivity index (χ3v) is 3.21. The zero-order chi connectivity index (χ0) is 15.2. The summed E-state index contributed by atoms with van der Waals surface area (Å²) in [6.45, 7) is -1.68. The van der Waals surface area contributed by atoms with Gasteiger partial charge < -0.3 is 19.5 Å². The molecular formula is C14H17F2NO4. The van der Waals surface area contributed by atoms with Crippen LogP contribution in [0.3, 0.4) is 0 Å². The number of carbonyl (C=O) groups excluding carboxylic acids is 1. The van der Waals surface area contributed by atoms with Gasteiger partial charge in [0.1, 0.15) is 0 Å². The molecule has 1 unspecified atom stereocenters. The van der Waals surface area contributed by atoms with Gasteiger partial charge in [-0.15, -0.1) is 0 Å². The Kier molecular flexibility index (Phi) is 5.32. The van der Waals surface area contributed by atoms with Gasteiger partial charge in [0.05, 0.1) is 19.6 Å². The number of nitrogens with one attached hydrogen (secondary N) is 1. The number of halogens is 2. The number of carbonyl (C=O) groups is 1. The van der Waals surface area contributed by atoms with Crippen LogP contribution in [0, 0.1) is 5.92 Å². The molecule has 5 nitrogen and oxygen atoms in total. The number of rotatable bonds is 6. The Hall–Kier alpha value is -1.89. The lowest BCUT2D eigenvalue weighted by atomic mass is 10.1. The maximum Gasteiger partial charge on any atom is 0.387 e. The zero-order valence-electron chi connectivity index (χ0n) is 11.6. The Morgan fingerprint density at radius 3 is 2.90 bits per heavy atom. The maximum atomic E-state index is 12.3. The summed E-state index contributed by atoms with van der Waals surface area (Å²) in [5.41, 5.74) is 0.652. The van der Waals surface area contributed by atoms with Gasteiger partial charge in [0.25, 0.3) is 0 Å². The molecule has 1 aliphatic rings. The van der Waals surface area contributed by atoms with Crippen LogP contribution in [0.25, 0.3) is 0 Å². The van der Waals surface area contributed by atoms with Gasteiger partial charge in [0, 0.05) is 13.2 Å². The fourth-order valence-electron chi connectivity index (χ4n) is 2.09. The highest BCUT2D eigenvalue weighted by Gasteiger charge is 2.23. The molecule has 0 bridgehead atoms. The van der Waals surface area contributed by atoms with Gasteiger partial charge in [0.15, 0.2) is 11.5 Å². The van der Waals surface area contributed by atoms with Crippen molar-refractivity contribution in [2.24, 2.45) is 5.92 Å². The Balaban J connectivity index is 1.97. The lowest BCUT2D eigenvalue weighted by molar-refractivity contribution is -0.125. The monoisotopic (exact) mass is 301 g/mol. The van der Waals surface area contributed by atoms with E-state index in [1.54, 1.807) is 6.07 Å². The minimum Gasteiger partial charge on any atom is -0.493 e. The lowest BCUT2D eigenvalue weighted by Crippen LogP contribution is -2.30. The number of ether oxygens (including phenoxy) is 3. The predicted octanol–water partition coefficient (Wildman–Crippen LogP) is 1.95. The number of alkyl halides is 2. The molecule has 0 saturated carbocycles. The molecule has 0 spiro atoms. The molecule has 21 heavy (non-hydrogen) atoms. The fraction of sp³-hybridized carbons (Fsp3) is 0.500. The number of hydrogen-bond acceptors (Lipinski definition) is 4. The number of benzene rings is 1. The van der Waals surface area contributed by atoms with Crippen molar-refractivity contribution in [3.05, 3.63) is 23.8 Å². The molecular weight excluding hydrogens is 284 g/mol. The first-order valence-electron chi connectivity index (χ1n) is 6.57. The minimum absolute atomic E-state index is 0.0524. The number of amides is 1. The molecule has 2 rings (SSSR count). The molecule has 0 aliphatic carbocycles. The van der Waals surface area contributed by atoms with Gasteiger partial charge >= 0.3 is 6.61 Å². The van der Waals surface area contributed by atoms with Crippen LogP contribution in [0.4, 0.5) is 8.78 Å². The molecule has 0 aromatic heterocycles. The summed E-state index contributed by atoms with van der Waals surface area (Å²) in [4.78, 5) is 11.8. The lowest BCUT2D eigenvalue weighted by Gasteiger charge is -2.13. The van der Waals surface area contributed by atoms with E-state index in [1.807, 2.05) is 0 Å². The van der Waals surface area contributed by atoms with Gasteiger partial charge in [-0.3, -0.25) is 4.79 Å². The summed E-state index contributed by atoms with van der Waals surface area (Å²) < 4.78 is 39.1. The van der Waals surface area contributed by atoms with E-state index in [1.165, 1.54) is 19.2 Å². The van der Waals surface area contributed by atoms with Crippen molar-refractivity contribution in [1.29, 1.82) is 0 Å². The van der Waals surface area contributed by atoms with Crippen molar-refractivity contribution >= 4 is 5.91 Å². The first kappa shape index (κ1) is 15.5. The van der Waals surface area contributed by atoms with Gasteiger partial charge in [-0.05, 0) is 24.1 Å². The first-order valence-corrected chi connectivity index (χ1v) is 6.57. The van der Waals surface area contributed by atoms with E-state index in [9.17, 15) is 13.6 Å². The van der Waals surface area contributed by atoms with E-state index in [2.05, 4.69) is 10.1 Å². The molecule has 7 heteroatoms. The van der Waals surface area contributed by atoms with E-state index in [4.69, 9.17) is 9.47 Å². The van der Waals surface area contributed by atoms with Crippen molar-refractivity contribution in [3.63, 3.8) is 0 Å². The highest BCUT2D eigenvalue weighted by molar-refractivity contribution is 5.79.